The Hall–Kier alpha value is -0.930. The number of hydrogen-bond acceptors (Lipinski definition) is 4. The summed E-state index contributed by atoms with van der Waals surface area (Å²) in [6.45, 7) is 0. The molecule has 0 aromatic rings. The minimum absolute atomic E-state index is 0.389. The summed E-state index contributed by atoms with van der Waals surface area (Å²) in [5.74, 6) is 5.40. The minimum Gasteiger partial charge on any atom is -0.392 e. The average molecular weight is 257 g/mol. The van der Waals surface area contributed by atoms with E-state index in [1.165, 1.54) is 25.7 Å². The highest BCUT2D eigenvalue weighted by molar-refractivity contribution is 5.64. The summed E-state index contributed by atoms with van der Waals surface area (Å²) in [5, 5.41) is 13.6. The normalized spacial score (nSPS) is 66.1. The van der Waals surface area contributed by atoms with Crippen LogP contribution in [0.2, 0.25) is 0 Å². The SMILES string of the molecule is C1=NO[C@@H]2[C@@H]1[C@H]1C[C@H]2[C@@H]2[C@H]3N=N[C@@H]([C@@H]4CCC[C@@H]43)[C@H]12. The van der Waals surface area contributed by atoms with E-state index in [1.807, 2.05) is 0 Å². The van der Waals surface area contributed by atoms with Crippen molar-refractivity contribution in [3.63, 3.8) is 0 Å². The molecule has 7 rings (SSSR count). The van der Waals surface area contributed by atoms with Crippen LogP contribution in [0.1, 0.15) is 25.7 Å². The van der Waals surface area contributed by atoms with Gasteiger partial charge >= 0.3 is 0 Å². The minimum atomic E-state index is 0.389. The summed E-state index contributed by atoms with van der Waals surface area (Å²) in [6.07, 6.45) is 8.06. The molecule has 4 nitrogen and oxygen atoms in total. The number of nitrogens with zero attached hydrogens (tertiary/aromatic N) is 3. The standard InChI is InChI=1S/C15H19N3O/c1-2-6-7(3-1)14-12-9-4-8(10-5-16-19-15(9)10)11(12)13(6)17-18-14/h5-15H,1-4H2/t6-,7+,8-,9+,10+,11-,12+,13+,14+,15+/m1/s1. The van der Waals surface area contributed by atoms with Gasteiger partial charge < -0.3 is 4.84 Å². The molecule has 0 spiro atoms. The molecule has 4 bridgehead atoms. The molecular formula is C15H19N3O. The number of fused-ring (bicyclic) bond motifs is 5. The Kier molecular flexibility index (Phi) is 1.58. The van der Waals surface area contributed by atoms with Crippen LogP contribution in [-0.4, -0.2) is 24.4 Å². The van der Waals surface area contributed by atoms with Crippen molar-refractivity contribution < 1.29 is 4.84 Å². The maximum Gasteiger partial charge on any atom is 0.138 e. The smallest absolute Gasteiger partial charge is 0.138 e. The summed E-state index contributed by atoms with van der Waals surface area (Å²) in [4.78, 5) is 5.68. The molecule has 3 heterocycles. The lowest BCUT2D eigenvalue weighted by atomic mass is 9.56. The fraction of sp³-hybridized carbons (Fsp3) is 0.933. The molecule has 0 unspecified atom stereocenters. The molecule has 10 atom stereocenters. The van der Waals surface area contributed by atoms with Crippen molar-refractivity contribution >= 4 is 6.21 Å². The second-order valence-electron chi connectivity index (χ2n) is 7.59. The predicted octanol–water partition coefficient (Wildman–Crippen LogP) is 2.50. The molecule has 0 radical (unpaired) electrons. The Morgan fingerprint density at radius 1 is 0.895 bits per heavy atom. The molecule has 0 saturated heterocycles. The van der Waals surface area contributed by atoms with Gasteiger partial charge in [-0.2, -0.15) is 10.2 Å². The van der Waals surface area contributed by atoms with Crippen LogP contribution in [0.3, 0.4) is 0 Å². The van der Waals surface area contributed by atoms with Crippen molar-refractivity contribution in [3.05, 3.63) is 0 Å². The first-order chi connectivity index (χ1) is 9.43. The first kappa shape index (κ1) is 9.89. The molecule has 4 aliphatic carbocycles. The van der Waals surface area contributed by atoms with Gasteiger partial charge in [-0.25, -0.2) is 0 Å². The van der Waals surface area contributed by atoms with Gasteiger partial charge in [0.1, 0.15) is 6.10 Å². The van der Waals surface area contributed by atoms with E-state index in [1.54, 1.807) is 0 Å². The van der Waals surface area contributed by atoms with Crippen molar-refractivity contribution in [2.45, 2.75) is 43.9 Å². The highest BCUT2D eigenvalue weighted by atomic mass is 16.6. The summed E-state index contributed by atoms with van der Waals surface area (Å²) >= 11 is 0. The van der Waals surface area contributed by atoms with Gasteiger partial charge in [0, 0.05) is 11.8 Å². The zero-order chi connectivity index (χ0) is 12.1. The molecule has 4 heteroatoms. The molecular weight excluding hydrogens is 238 g/mol. The lowest BCUT2D eigenvalue weighted by Crippen LogP contribution is -2.57. The van der Waals surface area contributed by atoms with Crippen LogP contribution in [0.4, 0.5) is 0 Å². The molecule has 4 fully saturated rings. The van der Waals surface area contributed by atoms with E-state index in [2.05, 4.69) is 11.4 Å². The van der Waals surface area contributed by atoms with Gasteiger partial charge in [-0.05, 0) is 48.9 Å². The van der Waals surface area contributed by atoms with Gasteiger partial charge in [0.2, 0.25) is 0 Å². The molecule has 4 saturated carbocycles. The first-order valence-corrected chi connectivity index (χ1v) is 8.03. The molecule has 3 aliphatic heterocycles. The van der Waals surface area contributed by atoms with Crippen LogP contribution in [0.25, 0.3) is 0 Å². The van der Waals surface area contributed by atoms with Gasteiger partial charge in [0.05, 0.1) is 18.3 Å². The van der Waals surface area contributed by atoms with Crippen LogP contribution in [-0.2, 0) is 4.84 Å². The van der Waals surface area contributed by atoms with Crippen LogP contribution in [0.15, 0.2) is 15.4 Å². The quantitative estimate of drug-likeness (QED) is 0.657. The zero-order valence-electron chi connectivity index (χ0n) is 10.9. The summed E-state index contributed by atoms with van der Waals surface area (Å²) < 4.78 is 0. The van der Waals surface area contributed by atoms with E-state index in [0.29, 0.717) is 24.1 Å². The summed E-state index contributed by atoms with van der Waals surface area (Å²) in [5.41, 5.74) is 0. The third kappa shape index (κ3) is 0.944. The monoisotopic (exact) mass is 257 g/mol. The fourth-order valence-corrected chi connectivity index (χ4v) is 6.89. The summed E-state index contributed by atoms with van der Waals surface area (Å²) in [6, 6.07) is 1.08. The molecule has 0 N–H and O–H groups in total. The molecule has 100 valence electrons. The first-order valence-electron chi connectivity index (χ1n) is 8.03. The highest BCUT2D eigenvalue weighted by Crippen LogP contribution is 2.67. The van der Waals surface area contributed by atoms with E-state index >= 15 is 0 Å². The van der Waals surface area contributed by atoms with Gasteiger partial charge in [0.25, 0.3) is 0 Å². The van der Waals surface area contributed by atoms with E-state index in [-0.39, 0.29) is 0 Å². The Labute approximate surface area is 112 Å². The lowest BCUT2D eigenvalue weighted by molar-refractivity contribution is -0.0655. The third-order valence-corrected chi connectivity index (χ3v) is 7.31. The van der Waals surface area contributed by atoms with Crippen molar-refractivity contribution in [3.8, 4) is 0 Å². The van der Waals surface area contributed by atoms with Gasteiger partial charge in [0.15, 0.2) is 0 Å². The number of hydrogen-bond donors (Lipinski definition) is 0. The van der Waals surface area contributed by atoms with Crippen LogP contribution in [0, 0.1) is 41.4 Å². The van der Waals surface area contributed by atoms with E-state index in [9.17, 15) is 0 Å². The Balaban J connectivity index is 1.48. The third-order valence-electron chi connectivity index (χ3n) is 7.31. The van der Waals surface area contributed by atoms with Crippen molar-refractivity contribution in [2.24, 2.45) is 56.8 Å². The molecule has 0 aromatic carbocycles. The highest BCUT2D eigenvalue weighted by Gasteiger charge is 2.69. The summed E-state index contributed by atoms with van der Waals surface area (Å²) in [7, 11) is 0. The topological polar surface area (TPSA) is 46.3 Å². The lowest BCUT2D eigenvalue weighted by Gasteiger charge is -2.52. The second-order valence-corrected chi connectivity index (χ2v) is 7.59. The van der Waals surface area contributed by atoms with Gasteiger partial charge in [-0.3, -0.25) is 0 Å². The maximum absolute atomic E-state index is 5.68. The second kappa shape index (κ2) is 3.04. The van der Waals surface area contributed by atoms with E-state index < -0.39 is 0 Å². The van der Waals surface area contributed by atoms with E-state index in [0.717, 1.165) is 35.5 Å². The molecule has 0 amide bonds. The number of oxime groups is 1. The van der Waals surface area contributed by atoms with Crippen LogP contribution in [0.5, 0.6) is 0 Å². The van der Waals surface area contributed by atoms with Gasteiger partial charge in [-0.15, -0.1) is 0 Å². The zero-order valence-corrected chi connectivity index (χ0v) is 10.9. The molecule has 7 aliphatic rings. The van der Waals surface area contributed by atoms with Crippen molar-refractivity contribution in [1.82, 2.24) is 0 Å². The van der Waals surface area contributed by atoms with Gasteiger partial charge in [-0.1, -0.05) is 11.6 Å². The number of azo groups is 1. The van der Waals surface area contributed by atoms with Crippen LogP contribution >= 0.6 is 0 Å². The molecule has 19 heavy (non-hydrogen) atoms. The van der Waals surface area contributed by atoms with E-state index in [4.69, 9.17) is 15.1 Å². The Morgan fingerprint density at radius 3 is 2.42 bits per heavy atom. The maximum atomic E-state index is 5.68. The van der Waals surface area contributed by atoms with Crippen LogP contribution < -0.4 is 0 Å². The molecule has 0 aromatic heterocycles. The van der Waals surface area contributed by atoms with Crippen molar-refractivity contribution in [1.29, 1.82) is 0 Å². The fourth-order valence-electron chi connectivity index (χ4n) is 6.89. The average Bonchev–Trinajstić information content (AvgIpc) is 3.20. The Morgan fingerprint density at radius 2 is 1.63 bits per heavy atom. The largest absolute Gasteiger partial charge is 0.392 e. The number of rotatable bonds is 0. The van der Waals surface area contributed by atoms with Crippen molar-refractivity contribution in [2.75, 3.05) is 0 Å². The Bertz CT molecular complexity index is 504. The predicted molar refractivity (Wildman–Crippen MR) is 68.7 cm³/mol.